The Hall–Kier alpha value is -2.23. The number of hydrogen-bond acceptors (Lipinski definition) is 4. The number of nitrogens with one attached hydrogen (secondary N) is 2. The van der Waals surface area contributed by atoms with Crippen LogP contribution in [-0.2, 0) is 16.0 Å². The lowest BCUT2D eigenvalue weighted by Gasteiger charge is -2.07. The summed E-state index contributed by atoms with van der Waals surface area (Å²) in [5.74, 6) is -0.572. The van der Waals surface area contributed by atoms with Crippen molar-refractivity contribution in [3.63, 3.8) is 0 Å². The quantitative estimate of drug-likeness (QED) is 0.263. The van der Waals surface area contributed by atoms with Crippen molar-refractivity contribution in [2.75, 3.05) is 0 Å². The van der Waals surface area contributed by atoms with Crippen LogP contribution in [0.25, 0.3) is 0 Å². The Bertz CT molecular complexity index is 528. The highest BCUT2D eigenvalue weighted by Gasteiger charge is 2.16. The molecule has 0 unspecified atom stereocenters. The predicted octanol–water partition coefficient (Wildman–Crippen LogP) is 2.27. The van der Waals surface area contributed by atoms with Crippen molar-refractivity contribution in [3.8, 4) is 0 Å². The van der Waals surface area contributed by atoms with Crippen molar-refractivity contribution >= 4 is 17.8 Å². The van der Waals surface area contributed by atoms with Crippen LogP contribution in [0.5, 0.6) is 0 Å². The summed E-state index contributed by atoms with van der Waals surface area (Å²) >= 11 is 0. The number of allylic oxidation sites excluding steroid dienone is 1. The molecule has 0 spiro atoms. The molecule has 1 aromatic rings. The van der Waals surface area contributed by atoms with Gasteiger partial charge in [0, 0.05) is 17.8 Å². The van der Waals surface area contributed by atoms with Gasteiger partial charge in [0.25, 0.3) is 0 Å². The smallest absolute Gasteiger partial charge is 0.215 e. The number of ketones is 1. The lowest BCUT2D eigenvalue weighted by Crippen LogP contribution is -2.22. The maximum Gasteiger partial charge on any atom is 0.215 e. The molecule has 1 rings (SSSR count). The fraction of sp³-hybridized carbons (Fsp3) is 0.312. The molecular weight excluding hydrogens is 252 g/mol. The zero-order valence-corrected chi connectivity index (χ0v) is 12.1. The molecule has 0 heterocycles. The zero-order valence-electron chi connectivity index (χ0n) is 12.1. The third-order valence-electron chi connectivity index (χ3n) is 2.84. The van der Waals surface area contributed by atoms with Crippen LogP contribution in [0.3, 0.4) is 0 Å². The van der Waals surface area contributed by atoms with Crippen LogP contribution in [0.1, 0.15) is 31.9 Å². The Morgan fingerprint density at radius 3 is 2.35 bits per heavy atom. The van der Waals surface area contributed by atoms with Crippen LogP contribution in [0, 0.1) is 5.41 Å². The first kappa shape index (κ1) is 15.8. The molecule has 0 aliphatic heterocycles. The van der Waals surface area contributed by atoms with Crippen molar-refractivity contribution in [1.29, 1.82) is 5.41 Å². The van der Waals surface area contributed by atoms with Gasteiger partial charge in [0.1, 0.15) is 5.71 Å². The molecule has 1 aromatic carbocycles. The molecule has 4 nitrogen and oxygen atoms in total. The maximum absolute atomic E-state index is 12.1. The molecule has 0 saturated heterocycles. The molecule has 0 saturated carbocycles. The number of Topliss-reactive ketones (excluding diaryl/α,β-unsaturated/α-hetero) is 1. The van der Waals surface area contributed by atoms with Gasteiger partial charge in [-0.2, -0.15) is 0 Å². The average molecular weight is 272 g/mol. The number of benzene rings is 1. The predicted molar refractivity (Wildman–Crippen MR) is 80.1 cm³/mol. The van der Waals surface area contributed by atoms with Gasteiger partial charge in [-0.25, -0.2) is 0 Å². The highest BCUT2D eigenvalue weighted by Crippen LogP contribution is 2.08. The first-order chi connectivity index (χ1) is 9.49. The third-order valence-corrected chi connectivity index (χ3v) is 2.84. The highest BCUT2D eigenvalue weighted by atomic mass is 16.1. The fourth-order valence-corrected chi connectivity index (χ4v) is 1.59. The monoisotopic (exact) mass is 272 g/mol. The van der Waals surface area contributed by atoms with Crippen LogP contribution in [0.4, 0.5) is 0 Å². The molecule has 4 heteroatoms. The van der Waals surface area contributed by atoms with Crippen LogP contribution < -0.4 is 5.32 Å². The van der Waals surface area contributed by atoms with E-state index in [1.165, 1.54) is 6.20 Å². The van der Waals surface area contributed by atoms with Gasteiger partial charge in [-0.15, -0.1) is 0 Å². The molecular formula is C16H20N2O2. The summed E-state index contributed by atoms with van der Waals surface area (Å²) in [6, 6.07) is 7.35. The van der Waals surface area contributed by atoms with E-state index in [-0.39, 0.29) is 17.3 Å². The Morgan fingerprint density at radius 1 is 1.30 bits per heavy atom. The summed E-state index contributed by atoms with van der Waals surface area (Å²) in [6.45, 7) is 5.84. The maximum atomic E-state index is 12.1. The van der Waals surface area contributed by atoms with Gasteiger partial charge in [-0.3, -0.25) is 15.0 Å². The lowest BCUT2D eigenvalue weighted by molar-refractivity contribution is -0.112. The Balaban J connectivity index is 2.91. The average Bonchev–Trinajstić information content (AvgIpc) is 2.46. The molecule has 0 aromatic heterocycles. The van der Waals surface area contributed by atoms with Gasteiger partial charge in [0.15, 0.2) is 6.29 Å². The molecule has 0 aliphatic carbocycles. The first-order valence-corrected chi connectivity index (χ1v) is 6.63. The zero-order chi connectivity index (χ0) is 15.1. The van der Waals surface area contributed by atoms with E-state index < -0.39 is 5.78 Å². The van der Waals surface area contributed by atoms with Gasteiger partial charge in [0.2, 0.25) is 5.78 Å². The summed E-state index contributed by atoms with van der Waals surface area (Å²) in [7, 11) is 0. The molecule has 0 aliphatic rings. The molecule has 20 heavy (non-hydrogen) atoms. The minimum Gasteiger partial charge on any atom is -0.388 e. The Kier molecular flexibility index (Phi) is 5.84. The molecule has 0 atom stereocenters. The minimum atomic E-state index is -0.572. The topological polar surface area (TPSA) is 70.0 Å². The van der Waals surface area contributed by atoms with E-state index in [0.717, 1.165) is 12.0 Å². The SMILES string of the molecule is CCc1ccc(C(=N)C(=O)/C(C=O)=C\NC(C)C)cc1. The lowest BCUT2D eigenvalue weighted by atomic mass is 10.0. The van der Waals surface area contributed by atoms with E-state index in [4.69, 9.17) is 5.41 Å². The summed E-state index contributed by atoms with van der Waals surface area (Å²) in [4.78, 5) is 23.0. The van der Waals surface area contributed by atoms with E-state index in [9.17, 15) is 9.59 Å². The van der Waals surface area contributed by atoms with Gasteiger partial charge in [-0.05, 0) is 25.8 Å². The molecule has 2 N–H and O–H groups in total. The van der Waals surface area contributed by atoms with E-state index in [2.05, 4.69) is 5.32 Å². The highest BCUT2D eigenvalue weighted by molar-refractivity contribution is 6.53. The third kappa shape index (κ3) is 4.16. The molecule has 0 radical (unpaired) electrons. The van der Waals surface area contributed by atoms with Gasteiger partial charge in [-0.1, -0.05) is 31.2 Å². The molecule has 0 amide bonds. The van der Waals surface area contributed by atoms with E-state index in [1.807, 2.05) is 32.9 Å². The molecule has 0 bridgehead atoms. The second-order valence-electron chi connectivity index (χ2n) is 4.79. The summed E-state index contributed by atoms with van der Waals surface area (Å²) < 4.78 is 0. The normalized spacial score (nSPS) is 11.3. The number of aldehydes is 1. The summed E-state index contributed by atoms with van der Waals surface area (Å²) in [5.41, 5.74) is 1.45. The van der Waals surface area contributed by atoms with Crippen LogP contribution in [-0.4, -0.2) is 23.8 Å². The number of aryl methyl sites for hydroxylation is 1. The Labute approximate surface area is 119 Å². The largest absolute Gasteiger partial charge is 0.388 e. The summed E-state index contributed by atoms with van der Waals surface area (Å²) in [6.07, 6.45) is 2.75. The Morgan fingerprint density at radius 2 is 1.90 bits per heavy atom. The fourth-order valence-electron chi connectivity index (χ4n) is 1.59. The van der Waals surface area contributed by atoms with Crippen LogP contribution in [0.15, 0.2) is 36.0 Å². The number of rotatable bonds is 7. The van der Waals surface area contributed by atoms with Gasteiger partial charge < -0.3 is 5.32 Å². The van der Waals surface area contributed by atoms with Gasteiger partial charge >= 0.3 is 0 Å². The van der Waals surface area contributed by atoms with Crippen molar-refractivity contribution in [2.24, 2.45) is 0 Å². The van der Waals surface area contributed by atoms with Crippen LogP contribution >= 0.6 is 0 Å². The second-order valence-corrected chi connectivity index (χ2v) is 4.79. The minimum absolute atomic E-state index is 0.0386. The molecule has 0 fully saturated rings. The van der Waals surface area contributed by atoms with Crippen molar-refractivity contribution in [3.05, 3.63) is 47.2 Å². The number of hydrogen-bond donors (Lipinski definition) is 2. The number of carbonyl (C=O) groups is 2. The first-order valence-electron chi connectivity index (χ1n) is 6.63. The van der Waals surface area contributed by atoms with E-state index >= 15 is 0 Å². The van der Waals surface area contributed by atoms with Crippen molar-refractivity contribution in [2.45, 2.75) is 33.2 Å². The van der Waals surface area contributed by atoms with Crippen molar-refractivity contribution < 1.29 is 9.59 Å². The van der Waals surface area contributed by atoms with Crippen molar-refractivity contribution in [1.82, 2.24) is 5.32 Å². The molecule has 106 valence electrons. The van der Waals surface area contributed by atoms with E-state index in [0.29, 0.717) is 11.8 Å². The van der Waals surface area contributed by atoms with Crippen LogP contribution in [0.2, 0.25) is 0 Å². The second kappa shape index (κ2) is 7.38. The standard InChI is InChI=1S/C16H20N2O2/c1-4-12-5-7-13(8-6-12)15(17)16(20)14(10-19)9-18-11(2)3/h5-11,17-18H,4H2,1-3H3/b14-9-,17-15?. The summed E-state index contributed by atoms with van der Waals surface area (Å²) in [5, 5.41) is 10.8. The van der Waals surface area contributed by atoms with Gasteiger partial charge in [0.05, 0.1) is 5.57 Å². The van der Waals surface area contributed by atoms with E-state index in [1.54, 1.807) is 12.1 Å². The number of carbonyl (C=O) groups excluding carboxylic acids is 2.